The van der Waals surface area contributed by atoms with Crippen LogP contribution in [0.2, 0.25) is 0 Å². The Kier molecular flexibility index (Phi) is 5.43. The number of carbonyl (C=O) groups is 2. The molecule has 2 aromatic rings. The van der Waals surface area contributed by atoms with Crippen molar-refractivity contribution < 1.29 is 19.4 Å². The van der Waals surface area contributed by atoms with Crippen LogP contribution in [0.4, 0.5) is 0 Å². The summed E-state index contributed by atoms with van der Waals surface area (Å²) >= 11 is 0. The molecule has 1 atom stereocenters. The fourth-order valence-electron chi connectivity index (χ4n) is 2.66. The topological polar surface area (TPSA) is 92.9 Å². The van der Waals surface area contributed by atoms with E-state index >= 15 is 0 Å². The summed E-state index contributed by atoms with van der Waals surface area (Å²) in [5.41, 5.74) is 1.49. The van der Waals surface area contributed by atoms with Crippen molar-refractivity contribution in [2.24, 2.45) is 5.92 Å². The number of fused-ring (bicyclic) bond motifs is 1. The van der Waals surface area contributed by atoms with Gasteiger partial charge >= 0.3 is 5.97 Å². The van der Waals surface area contributed by atoms with Crippen LogP contribution in [0.1, 0.15) is 43.4 Å². The molecule has 0 saturated heterocycles. The average Bonchev–Trinajstić information content (AvgIpc) is 2.92. The Labute approximate surface area is 140 Å². The van der Waals surface area contributed by atoms with Crippen molar-refractivity contribution in [3.8, 4) is 5.75 Å². The number of amides is 1. The predicted octanol–water partition coefficient (Wildman–Crippen LogP) is 2.13. The largest absolute Gasteiger partial charge is 0.493 e. The molecule has 7 nitrogen and oxygen atoms in total. The molecule has 0 aliphatic heterocycles. The van der Waals surface area contributed by atoms with E-state index < -0.39 is 17.9 Å². The Bertz CT molecular complexity index is 752. The van der Waals surface area contributed by atoms with Crippen LogP contribution >= 0.6 is 0 Å². The second-order valence-electron chi connectivity index (χ2n) is 6.02. The average molecular weight is 333 g/mol. The highest BCUT2D eigenvalue weighted by atomic mass is 16.5. The van der Waals surface area contributed by atoms with Crippen LogP contribution < -0.4 is 10.1 Å². The van der Waals surface area contributed by atoms with Gasteiger partial charge in [0.15, 0.2) is 11.4 Å². The summed E-state index contributed by atoms with van der Waals surface area (Å²) in [6.07, 6.45) is 2.63. The molecule has 2 aromatic heterocycles. The van der Waals surface area contributed by atoms with Gasteiger partial charge in [0.2, 0.25) is 0 Å². The third-order valence-electron chi connectivity index (χ3n) is 3.77. The number of imidazole rings is 1. The van der Waals surface area contributed by atoms with Crippen molar-refractivity contribution in [2.75, 3.05) is 7.11 Å². The van der Waals surface area contributed by atoms with Gasteiger partial charge < -0.3 is 15.2 Å². The first kappa shape index (κ1) is 17.8. The summed E-state index contributed by atoms with van der Waals surface area (Å²) in [5, 5.41) is 11.9. The van der Waals surface area contributed by atoms with Crippen molar-refractivity contribution in [2.45, 2.75) is 39.7 Å². The van der Waals surface area contributed by atoms with Gasteiger partial charge in [0.1, 0.15) is 11.7 Å². The highest BCUT2D eigenvalue weighted by Gasteiger charge is 2.26. The van der Waals surface area contributed by atoms with Crippen molar-refractivity contribution in [1.82, 2.24) is 14.7 Å². The summed E-state index contributed by atoms with van der Waals surface area (Å²) in [6, 6.07) is 2.59. The lowest BCUT2D eigenvalue weighted by Gasteiger charge is -2.16. The Morgan fingerprint density at radius 3 is 2.67 bits per heavy atom. The van der Waals surface area contributed by atoms with Gasteiger partial charge in [0, 0.05) is 6.20 Å². The first-order valence-electron chi connectivity index (χ1n) is 7.96. The zero-order valence-electron chi connectivity index (χ0n) is 14.4. The highest BCUT2D eigenvalue weighted by Crippen LogP contribution is 2.22. The number of rotatable bonds is 7. The molecule has 0 radical (unpaired) electrons. The number of carboxylic acid groups (broad SMARTS) is 1. The number of nitrogens with zero attached hydrogens (tertiary/aromatic N) is 2. The number of pyridine rings is 1. The summed E-state index contributed by atoms with van der Waals surface area (Å²) in [7, 11) is 1.54. The highest BCUT2D eigenvalue weighted by molar-refractivity contribution is 5.97. The van der Waals surface area contributed by atoms with Crippen LogP contribution in [0.5, 0.6) is 5.75 Å². The summed E-state index contributed by atoms with van der Waals surface area (Å²) in [5.74, 6) is -0.773. The van der Waals surface area contributed by atoms with E-state index in [1.54, 1.807) is 29.8 Å². The minimum atomic E-state index is -1.04. The van der Waals surface area contributed by atoms with Crippen LogP contribution in [0.25, 0.3) is 5.65 Å². The van der Waals surface area contributed by atoms with E-state index in [0.717, 1.165) is 0 Å². The minimum absolute atomic E-state index is 0.152. The van der Waals surface area contributed by atoms with E-state index in [1.165, 1.54) is 0 Å². The first-order chi connectivity index (χ1) is 11.4. The van der Waals surface area contributed by atoms with Gasteiger partial charge in [-0.1, -0.05) is 20.8 Å². The number of hydrogen-bond donors (Lipinski definition) is 2. The lowest BCUT2D eigenvalue weighted by Crippen LogP contribution is -2.42. The van der Waals surface area contributed by atoms with E-state index in [-0.39, 0.29) is 5.92 Å². The predicted molar refractivity (Wildman–Crippen MR) is 89.5 cm³/mol. The molecule has 24 heavy (non-hydrogen) atoms. The number of nitrogens with one attached hydrogen (secondary N) is 1. The van der Waals surface area contributed by atoms with Gasteiger partial charge in [0.05, 0.1) is 12.8 Å². The second kappa shape index (κ2) is 7.33. The van der Waals surface area contributed by atoms with Gasteiger partial charge in [-0.05, 0) is 30.9 Å². The van der Waals surface area contributed by atoms with Crippen molar-refractivity contribution in [3.63, 3.8) is 0 Å². The Hall–Kier alpha value is -2.57. The van der Waals surface area contributed by atoms with Crippen LogP contribution in [-0.4, -0.2) is 39.5 Å². The molecule has 0 aliphatic rings. The fourth-order valence-corrected chi connectivity index (χ4v) is 2.66. The van der Waals surface area contributed by atoms with Gasteiger partial charge in [-0.2, -0.15) is 0 Å². The molecule has 0 saturated carbocycles. The zero-order valence-corrected chi connectivity index (χ0v) is 14.4. The summed E-state index contributed by atoms with van der Waals surface area (Å²) in [6.45, 7) is 5.73. The maximum atomic E-state index is 12.7. The number of carboxylic acids is 1. The molecule has 2 N–H and O–H groups in total. The molecule has 130 valence electrons. The third kappa shape index (κ3) is 3.50. The molecule has 0 bridgehead atoms. The van der Waals surface area contributed by atoms with Crippen LogP contribution in [0.3, 0.4) is 0 Å². The molecular weight excluding hydrogens is 310 g/mol. The molecule has 2 rings (SSSR count). The Morgan fingerprint density at radius 2 is 2.12 bits per heavy atom. The van der Waals surface area contributed by atoms with Crippen LogP contribution in [0.15, 0.2) is 18.3 Å². The van der Waals surface area contributed by atoms with E-state index in [1.807, 2.05) is 20.8 Å². The second-order valence-corrected chi connectivity index (χ2v) is 6.02. The third-order valence-corrected chi connectivity index (χ3v) is 3.77. The lowest BCUT2D eigenvalue weighted by atomic mass is 10.0. The Balaban J connectivity index is 2.43. The van der Waals surface area contributed by atoms with Crippen LogP contribution in [0, 0.1) is 5.92 Å². The molecule has 0 aliphatic carbocycles. The monoisotopic (exact) mass is 333 g/mol. The minimum Gasteiger partial charge on any atom is -0.493 e. The van der Waals surface area contributed by atoms with Crippen molar-refractivity contribution >= 4 is 17.5 Å². The number of aryl methyl sites for hydroxylation is 1. The maximum absolute atomic E-state index is 12.7. The molecular formula is C17H23N3O4. The van der Waals surface area contributed by atoms with Gasteiger partial charge in [-0.15, -0.1) is 0 Å². The maximum Gasteiger partial charge on any atom is 0.326 e. The number of methoxy groups -OCH3 is 1. The molecule has 1 unspecified atom stereocenters. The molecule has 0 spiro atoms. The molecule has 7 heteroatoms. The lowest BCUT2D eigenvalue weighted by molar-refractivity contribution is -0.139. The summed E-state index contributed by atoms with van der Waals surface area (Å²) < 4.78 is 6.92. The smallest absolute Gasteiger partial charge is 0.326 e. The molecule has 0 aromatic carbocycles. The van der Waals surface area contributed by atoms with Crippen molar-refractivity contribution in [1.29, 1.82) is 0 Å². The number of aliphatic carboxylic acids is 1. The fraction of sp³-hybridized carbons (Fsp3) is 0.471. The molecule has 1 amide bonds. The number of hydrogen-bond acceptors (Lipinski definition) is 4. The number of carbonyl (C=O) groups excluding carboxylic acids is 1. The molecule has 2 heterocycles. The van der Waals surface area contributed by atoms with E-state index in [2.05, 4.69) is 10.3 Å². The van der Waals surface area contributed by atoms with Gasteiger partial charge in [-0.25, -0.2) is 9.78 Å². The first-order valence-corrected chi connectivity index (χ1v) is 7.96. The summed E-state index contributed by atoms with van der Waals surface area (Å²) in [4.78, 5) is 28.6. The quantitative estimate of drug-likeness (QED) is 0.810. The van der Waals surface area contributed by atoms with Gasteiger partial charge in [0.25, 0.3) is 5.91 Å². The number of ether oxygens (including phenoxy) is 1. The standard InChI is InChI=1S/C17H23N3O4/c1-5-11-14(16(21)19-12(17(22)23)9-10(2)3)20-8-6-7-13(24-4)15(20)18-11/h6-8,10,12H,5,9H2,1-4H3,(H,19,21)(H,22,23). The SMILES string of the molecule is CCc1nc2c(OC)cccn2c1C(=O)NC(CC(C)C)C(=O)O. The van der Waals surface area contributed by atoms with E-state index in [4.69, 9.17) is 4.74 Å². The number of aromatic nitrogens is 2. The zero-order chi connectivity index (χ0) is 17.9. The molecule has 0 fully saturated rings. The normalized spacial score (nSPS) is 12.4. The van der Waals surface area contributed by atoms with Crippen LogP contribution in [-0.2, 0) is 11.2 Å². The van der Waals surface area contributed by atoms with Gasteiger partial charge in [-0.3, -0.25) is 9.20 Å². The van der Waals surface area contributed by atoms with E-state index in [9.17, 15) is 14.7 Å². The van der Waals surface area contributed by atoms with E-state index in [0.29, 0.717) is 35.6 Å². The Morgan fingerprint density at radius 1 is 1.42 bits per heavy atom. The van der Waals surface area contributed by atoms with Crippen molar-refractivity contribution in [3.05, 3.63) is 29.7 Å².